The molecule has 0 aliphatic carbocycles. The van der Waals surface area contributed by atoms with Crippen molar-refractivity contribution in [2.24, 2.45) is 0 Å². The van der Waals surface area contributed by atoms with Gasteiger partial charge in [0.25, 0.3) is 0 Å². The van der Waals surface area contributed by atoms with E-state index < -0.39 is 0 Å². The summed E-state index contributed by atoms with van der Waals surface area (Å²) in [6.45, 7) is 2.20. The van der Waals surface area contributed by atoms with Gasteiger partial charge >= 0.3 is 0 Å². The maximum atomic E-state index is 2.50. The normalized spacial score (nSPS) is 26.4. The van der Waals surface area contributed by atoms with Gasteiger partial charge in [0.1, 0.15) is 0 Å². The second-order valence-electron chi connectivity index (χ2n) is 8.86. The van der Waals surface area contributed by atoms with Crippen LogP contribution in [0.25, 0.3) is 10.8 Å². The average molecular weight is 471 g/mol. The number of rotatable bonds is 0. The SMILES string of the molecule is Cc1ccc2c(c1)SC1c3cc4cc5c(cc4cc3SC21)C1Sc2ccccc2C1S5. The topological polar surface area (TPSA) is 0 Å². The molecule has 0 radical (unpaired) electrons. The molecular weight excluding hydrogens is 453 g/mol. The van der Waals surface area contributed by atoms with Gasteiger partial charge in [0.2, 0.25) is 0 Å². The Kier molecular flexibility index (Phi) is 3.67. The first-order chi connectivity index (χ1) is 15.2. The van der Waals surface area contributed by atoms with Gasteiger partial charge in [0.05, 0.1) is 21.0 Å². The second-order valence-corrected chi connectivity index (χ2v) is 13.6. The molecule has 4 atom stereocenters. The van der Waals surface area contributed by atoms with Gasteiger partial charge in [0.15, 0.2) is 0 Å². The van der Waals surface area contributed by atoms with E-state index in [-0.39, 0.29) is 0 Å². The number of thioether (sulfide) groups is 4. The van der Waals surface area contributed by atoms with E-state index in [1.54, 1.807) is 11.1 Å². The van der Waals surface area contributed by atoms with Gasteiger partial charge in [-0.15, -0.1) is 47.0 Å². The first kappa shape index (κ1) is 18.0. The van der Waals surface area contributed by atoms with Gasteiger partial charge in [-0.25, -0.2) is 0 Å². The Morgan fingerprint density at radius 2 is 1.00 bits per heavy atom. The molecule has 8 rings (SSSR count). The van der Waals surface area contributed by atoms with Crippen LogP contribution in [0, 0.1) is 6.92 Å². The Hall–Kier alpha value is -1.46. The third-order valence-corrected chi connectivity index (χ3v) is 12.9. The fourth-order valence-electron chi connectivity index (χ4n) is 5.49. The second kappa shape index (κ2) is 6.32. The molecule has 4 heterocycles. The molecule has 4 aliphatic heterocycles. The zero-order valence-electron chi connectivity index (χ0n) is 16.8. The van der Waals surface area contributed by atoms with Crippen molar-refractivity contribution in [1.29, 1.82) is 0 Å². The minimum absolute atomic E-state index is 0.559. The molecule has 0 bridgehead atoms. The highest BCUT2D eigenvalue weighted by molar-refractivity contribution is 8.05. The molecule has 4 aromatic rings. The molecular formula is C27H18S4. The monoisotopic (exact) mass is 470 g/mol. The average Bonchev–Trinajstić information content (AvgIpc) is 3.48. The lowest BCUT2D eigenvalue weighted by molar-refractivity contribution is 0.937. The maximum absolute atomic E-state index is 2.50. The smallest absolute Gasteiger partial charge is 0.0519 e. The highest BCUT2D eigenvalue weighted by atomic mass is 32.2. The molecule has 150 valence electrons. The van der Waals surface area contributed by atoms with E-state index in [1.807, 2.05) is 0 Å². The van der Waals surface area contributed by atoms with Crippen LogP contribution in [-0.2, 0) is 0 Å². The minimum atomic E-state index is 0.559. The molecule has 0 spiro atoms. The van der Waals surface area contributed by atoms with Crippen LogP contribution in [0.15, 0.2) is 86.3 Å². The van der Waals surface area contributed by atoms with E-state index in [2.05, 4.69) is 121 Å². The van der Waals surface area contributed by atoms with Crippen molar-refractivity contribution < 1.29 is 0 Å². The zero-order valence-corrected chi connectivity index (χ0v) is 20.1. The van der Waals surface area contributed by atoms with Crippen molar-refractivity contribution >= 4 is 57.8 Å². The summed E-state index contributed by atoms with van der Waals surface area (Å²) in [5, 5.41) is 5.09. The number of hydrogen-bond acceptors (Lipinski definition) is 4. The van der Waals surface area contributed by atoms with Crippen LogP contribution in [0.1, 0.15) is 48.8 Å². The van der Waals surface area contributed by atoms with Crippen LogP contribution >= 0.6 is 47.0 Å². The number of hydrogen-bond donors (Lipinski definition) is 0. The van der Waals surface area contributed by atoms with Gasteiger partial charge in [-0.3, -0.25) is 0 Å². The molecule has 31 heavy (non-hydrogen) atoms. The molecule has 4 unspecified atom stereocenters. The van der Waals surface area contributed by atoms with Crippen LogP contribution in [0.3, 0.4) is 0 Å². The lowest BCUT2D eigenvalue weighted by Crippen LogP contribution is -1.93. The van der Waals surface area contributed by atoms with Crippen LogP contribution in [-0.4, -0.2) is 0 Å². The minimum Gasteiger partial charge on any atom is -0.116 e. The van der Waals surface area contributed by atoms with Gasteiger partial charge in [-0.05, 0) is 81.9 Å². The van der Waals surface area contributed by atoms with Crippen molar-refractivity contribution in [2.75, 3.05) is 0 Å². The molecule has 0 amide bonds. The van der Waals surface area contributed by atoms with Crippen LogP contribution in [0.5, 0.6) is 0 Å². The van der Waals surface area contributed by atoms with Gasteiger partial charge < -0.3 is 0 Å². The Balaban J connectivity index is 1.22. The predicted molar refractivity (Wildman–Crippen MR) is 136 cm³/mol. The number of aryl methyl sites for hydroxylation is 1. The third-order valence-electron chi connectivity index (χ3n) is 6.98. The maximum Gasteiger partial charge on any atom is 0.0519 e. The predicted octanol–water partition coefficient (Wildman–Crippen LogP) is 9.14. The first-order valence-electron chi connectivity index (χ1n) is 10.7. The van der Waals surface area contributed by atoms with Crippen molar-refractivity contribution in [3.63, 3.8) is 0 Å². The first-order valence-corrected chi connectivity index (χ1v) is 14.2. The van der Waals surface area contributed by atoms with E-state index in [0.717, 1.165) is 0 Å². The van der Waals surface area contributed by atoms with Crippen LogP contribution in [0.2, 0.25) is 0 Å². The highest BCUT2D eigenvalue weighted by Crippen LogP contribution is 2.68. The number of fused-ring (bicyclic) bond motifs is 11. The third kappa shape index (κ3) is 2.45. The molecule has 4 aromatic carbocycles. The fraction of sp³-hybridized carbons (Fsp3) is 0.185. The number of benzene rings is 4. The molecule has 4 aliphatic rings. The molecule has 0 saturated carbocycles. The van der Waals surface area contributed by atoms with Crippen molar-refractivity contribution in [3.05, 3.63) is 94.5 Å². The largest absolute Gasteiger partial charge is 0.116 e. The summed E-state index contributed by atoms with van der Waals surface area (Å²) in [6.07, 6.45) is 0. The van der Waals surface area contributed by atoms with E-state index in [0.29, 0.717) is 21.0 Å². The summed E-state index contributed by atoms with van der Waals surface area (Å²) in [7, 11) is 0. The quantitative estimate of drug-likeness (QED) is 0.251. The van der Waals surface area contributed by atoms with Crippen LogP contribution < -0.4 is 0 Å². The van der Waals surface area contributed by atoms with Crippen molar-refractivity contribution in [3.8, 4) is 0 Å². The molecule has 0 N–H and O–H groups in total. The van der Waals surface area contributed by atoms with E-state index in [4.69, 9.17) is 0 Å². The zero-order chi connectivity index (χ0) is 20.3. The lowest BCUT2D eigenvalue weighted by Gasteiger charge is -2.11. The van der Waals surface area contributed by atoms with Crippen LogP contribution in [0.4, 0.5) is 0 Å². The summed E-state index contributed by atoms with van der Waals surface area (Å²) < 4.78 is 0. The molecule has 0 nitrogen and oxygen atoms in total. The molecule has 4 heteroatoms. The summed E-state index contributed by atoms with van der Waals surface area (Å²) in [5.74, 6) is 0. The Labute approximate surface area is 199 Å². The molecule has 0 fully saturated rings. The highest BCUT2D eigenvalue weighted by Gasteiger charge is 2.43. The van der Waals surface area contributed by atoms with Gasteiger partial charge in [0, 0.05) is 19.6 Å². The Bertz CT molecular complexity index is 1440. The standard InChI is InChI=1S/C27H18S4/c1-13-6-7-17-21(8-13)29-27-19-10-15-11-22-18(9-14(15)12-23(19)31-25(17)27)26-24(30-22)16-4-2-3-5-20(16)28-26/h2-12,24-27H,1H3. The van der Waals surface area contributed by atoms with Gasteiger partial charge in [-0.2, -0.15) is 0 Å². The van der Waals surface area contributed by atoms with E-state index in [1.165, 1.54) is 47.0 Å². The summed E-state index contributed by atoms with van der Waals surface area (Å²) in [6, 6.07) is 26.0. The Morgan fingerprint density at radius 1 is 0.484 bits per heavy atom. The summed E-state index contributed by atoms with van der Waals surface area (Å²) >= 11 is 8.29. The molecule has 0 saturated heterocycles. The van der Waals surface area contributed by atoms with Gasteiger partial charge in [-0.1, -0.05) is 30.3 Å². The summed E-state index contributed by atoms with van der Waals surface area (Å²) in [5.41, 5.74) is 7.52. The van der Waals surface area contributed by atoms with Crippen molar-refractivity contribution in [1.82, 2.24) is 0 Å². The Morgan fingerprint density at radius 3 is 1.68 bits per heavy atom. The van der Waals surface area contributed by atoms with E-state index in [9.17, 15) is 0 Å². The molecule has 0 aromatic heterocycles. The lowest BCUT2D eigenvalue weighted by atomic mass is 9.97. The fourth-order valence-corrected chi connectivity index (χ4v) is 12.1. The summed E-state index contributed by atoms with van der Waals surface area (Å²) in [4.78, 5) is 5.94. The van der Waals surface area contributed by atoms with Crippen molar-refractivity contribution in [2.45, 2.75) is 47.5 Å². The van der Waals surface area contributed by atoms with E-state index >= 15 is 0 Å².